The molecule has 1 aliphatic heterocycles. The summed E-state index contributed by atoms with van der Waals surface area (Å²) in [6.07, 6.45) is 0.977. The van der Waals surface area contributed by atoms with E-state index in [1.165, 1.54) is 11.3 Å². The van der Waals surface area contributed by atoms with E-state index in [4.69, 9.17) is 0 Å². The van der Waals surface area contributed by atoms with Crippen molar-refractivity contribution in [1.29, 1.82) is 0 Å². The summed E-state index contributed by atoms with van der Waals surface area (Å²) in [7, 11) is -2.87. The molecule has 1 atom stereocenters. The van der Waals surface area contributed by atoms with Gasteiger partial charge in [0.25, 0.3) is 0 Å². The molecule has 1 fully saturated rings. The zero-order chi connectivity index (χ0) is 14.0. The number of sulfone groups is 1. The maximum absolute atomic E-state index is 11.4. The Kier molecular flexibility index (Phi) is 4.47. The van der Waals surface area contributed by atoms with Crippen molar-refractivity contribution in [3.8, 4) is 0 Å². The summed E-state index contributed by atoms with van der Waals surface area (Å²) < 4.78 is 22.9. The van der Waals surface area contributed by atoms with E-state index in [1.807, 2.05) is 4.90 Å². The van der Waals surface area contributed by atoms with Gasteiger partial charge in [0.2, 0.25) is 0 Å². The van der Waals surface area contributed by atoms with Crippen LogP contribution in [0, 0.1) is 0 Å². The molecular formula is C12H20N2O3S2. The Bertz CT molecular complexity index is 525. The third-order valence-corrected chi connectivity index (χ3v) is 6.28. The zero-order valence-electron chi connectivity index (χ0n) is 11.3. The predicted molar refractivity (Wildman–Crippen MR) is 77.6 cm³/mol. The van der Waals surface area contributed by atoms with Crippen molar-refractivity contribution in [2.24, 2.45) is 0 Å². The van der Waals surface area contributed by atoms with Crippen LogP contribution >= 0.6 is 11.3 Å². The second-order valence-electron chi connectivity index (χ2n) is 4.91. The van der Waals surface area contributed by atoms with Crippen LogP contribution in [-0.2, 0) is 16.4 Å². The molecule has 1 N–H and O–H groups in total. The molecule has 5 nitrogen and oxygen atoms in total. The molecule has 2 heterocycles. The number of hydrogen-bond donors (Lipinski definition) is 1. The van der Waals surface area contributed by atoms with Crippen LogP contribution in [0.1, 0.15) is 36.8 Å². The predicted octanol–water partition coefficient (Wildman–Crippen LogP) is 1.38. The van der Waals surface area contributed by atoms with E-state index in [1.54, 1.807) is 0 Å². The molecule has 0 spiro atoms. The van der Waals surface area contributed by atoms with Gasteiger partial charge in [-0.05, 0) is 12.3 Å². The van der Waals surface area contributed by atoms with Gasteiger partial charge in [0.15, 0.2) is 15.0 Å². The molecule has 0 aromatic carbocycles. The maximum Gasteiger partial charge on any atom is 0.185 e. The van der Waals surface area contributed by atoms with Crippen LogP contribution in [-0.4, -0.2) is 43.1 Å². The monoisotopic (exact) mass is 304 g/mol. The average molecular weight is 304 g/mol. The number of thiazole rings is 1. The molecule has 1 aromatic heterocycles. The lowest BCUT2D eigenvalue weighted by Crippen LogP contribution is -2.40. The largest absolute Gasteiger partial charge is 0.391 e. The van der Waals surface area contributed by atoms with E-state index in [0.717, 1.165) is 22.1 Å². The van der Waals surface area contributed by atoms with Crippen molar-refractivity contribution >= 4 is 26.3 Å². The maximum atomic E-state index is 11.4. The molecular weight excluding hydrogens is 284 g/mol. The Balaban J connectivity index is 2.20. The fraction of sp³-hybridized carbons (Fsp3) is 0.750. The molecule has 2 rings (SSSR count). The van der Waals surface area contributed by atoms with Gasteiger partial charge in [0, 0.05) is 13.1 Å². The normalized spacial score (nSPS) is 20.5. The van der Waals surface area contributed by atoms with Gasteiger partial charge >= 0.3 is 0 Å². The van der Waals surface area contributed by atoms with Gasteiger partial charge in [0.1, 0.15) is 0 Å². The summed E-state index contributed by atoms with van der Waals surface area (Å²) in [4.78, 5) is 7.52. The van der Waals surface area contributed by atoms with E-state index in [9.17, 15) is 13.5 Å². The molecule has 0 saturated carbocycles. The van der Waals surface area contributed by atoms with Gasteiger partial charge in [0.05, 0.1) is 28.7 Å². The third-order valence-electron chi connectivity index (χ3n) is 3.55. The van der Waals surface area contributed by atoms with Crippen LogP contribution in [0.3, 0.4) is 0 Å². The Hall–Kier alpha value is -0.660. The highest BCUT2D eigenvalue weighted by atomic mass is 32.2. The lowest BCUT2D eigenvalue weighted by Gasteiger charge is -2.26. The molecule has 0 amide bonds. The number of aromatic nitrogens is 1. The van der Waals surface area contributed by atoms with E-state index in [-0.39, 0.29) is 18.1 Å². The van der Waals surface area contributed by atoms with Crippen molar-refractivity contribution in [2.75, 3.05) is 29.5 Å². The van der Waals surface area contributed by atoms with Crippen LogP contribution in [0.5, 0.6) is 0 Å². The van der Waals surface area contributed by atoms with Crippen LogP contribution in [0.2, 0.25) is 0 Å². The number of hydrogen-bond acceptors (Lipinski definition) is 6. The Labute approximate surface area is 118 Å². The first-order valence-corrected chi connectivity index (χ1v) is 9.16. The first kappa shape index (κ1) is 14.7. The van der Waals surface area contributed by atoms with Gasteiger partial charge in [-0.15, -0.1) is 0 Å². The molecule has 7 heteroatoms. The molecule has 0 aliphatic carbocycles. The quantitative estimate of drug-likeness (QED) is 0.910. The second-order valence-corrected chi connectivity index (χ2v) is 8.28. The van der Waals surface area contributed by atoms with Crippen LogP contribution < -0.4 is 4.90 Å². The lowest BCUT2D eigenvalue weighted by atomic mass is 10.0. The standard InChI is InChI=1S/C12H20N2O3S2/c1-3-9(2)11-10(8-15)18-12(13-11)14-4-6-19(16,17)7-5-14/h9,15H,3-8H2,1-2H3. The van der Waals surface area contributed by atoms with Crippen LogP contribution in [0.25, 0.3) is 0 Å². The summed E-state index contributed by atoms with van der Waals surface area (Å²) in [5.41, 5.74) is 0.957. The second kappa shape index (κ2) is 5.76. The fourth-order valence-electron chi connectivity index (χ4n) is 2.08. The fourth-order valence-corrected chi connectivity index (χ4v) is 4.37. The molecule has 108 valence electrons. The van der Waals surface area contributed by atoms with E-state index in [0.29, 0.717) is 19.0 Å². The number of nitrogens with zero attached hydrogens (tertiary/aromatic N) is 2. The van der Waals surface area contributed by atoms with E-state index in [2.05, 4.69) is 18.8 Å². The average Bonchev–Trinajstić information content (AvgIpc) is 2.82. The Morgan fingerprint density at radius 1 is 1.42 bits per heavy atom. The van der Waals surface area contributed by atoms with Crippen molar-refractivity contribution < 1.29 is 13.5 Å². The smallest absolute Gasteiger partial charge is 0.185 e. The van der Waals surface area contributed by atoms with E-state index >= 15 is 0 Å². The zero-order valence-corrected chi connectivity index (χ0v) is 12.9. The summed E-state index contributed by atoms with van der Waals surface area (Å²) in [6, 6.07) is 0. The molecule has 19 heavy (non-hydrogen) atoms. The SMILES string of the molecule is CCC(C)c1nc(N2CCS(=O)(=O)CC2)sc1CO. The van der Waals surface area contributed by atoms with Gasteiger partial charge in [-0.25, -0.2) is 13.4 Å². The first-order valence-electron chi connectivity index (χ1n) is 6.52. The molecule has 1 unspecified atom stereocenters. The molecule has 0 radical (unpaired) electrons. The van der Waals surface area contributed by atoms with Gasteiger partial charge in [-0.2, -0.15) is 0 Å². The molecule has 1 aliphatic rings. The minimum atomic E-state index is -2.87. The molecule has 1 saturated heterocycles. The first-order chi connectivity index (χ1) is 8.96. The summed E-state index contributed by atoms with van der Waals surface area (Å²) in [5, 5.41) is 10.3. The Morgan fingerprint density at radius 3 is 2.58 bits per heavy atom. The van der Waals surface area contributed by atoms with Gasteiger partial charge in [-0.3, -0.25) is 0 Å². The molecule has 0 bridgehead atoms. The minimum Gasteiger partial charge on any atom is -0.391 e. The number of aliphatic hydroxyl groups excluding tert-OH is 1. The number of aliphatic hydroxyl groups is 1. The number of anilines is 1. The summed E-state index contributed by atoms with van der Waals surface area (Å²) >= 11 is 1.48. The van der Waals surface area contributed by atoms with Crippen molar-refractivity contribution in [1.82, 2.24) is 4.98 Å². The van der Waals surface area contributed by atoms with Crippen molar-refractivity contribution in [3.63, 3.8) is 0 Å². The van der Waals surface area contributed by atoms with Crippen molar-refractivity contribution in [3.05, 3.63) is 10.6 Å². The highest BCUT2D eigenvalue weighted by molar-refractivity contribution is 7.91. The molecule has 1 aromatic rings. The summed E-state index contributed by atoms with van der Waals surface area (Å²) in [6.45, 7) is 5.20. The minimum absolute atomic E-state index is 0.00345. The van der Waals surface area contributed by atoms with E-state index < -0.39 is 9.84 Å². The Morgan fingerprint density at radius 2 is 2.05 bits per heavy atom. The van der Waals surface area contributed by atoms with Crippen LogP contribution in [0.15, 0.2) is 0 Å². The van der Waals surface area contributed by atoms with Gasteiger partial charge in [-0.1, -0.05) is 25.2 Å². The third kappa shape index (κ3) is 3.27. The van der Waals surface area contributed by atoms with Crippen molar-refractivity contribution in [2.45, 2.75) is 32.8 Å². The summed E-state index contributed by atoms with van der Waals surface area (Å²) in [5.74, 6) is 0.708. The highest BCUT2D eigenvalue weighted by Gasteiger charge is 2.25. The lowest BCUT2D eigenvalue weighted by molar-refractivity contribution is 0.283. The highest BCUT2D eigenvalue weighted by Crippen LogP contribution is 2.32. The topological polar surface area (TPSA) is 70.5 Å². The van der Waals surface area contributed by atoms with Crippen LogP contribution in [0.4, 0.5) is 5.13 Å². The van der Waals surface area contributed by atoms with Gasteiger partial charge < -0.3 is 10.0 Å². The number of rotatable bonds is 4.